The number of methoxy groups -OCH3 is 1. The quantitative estimate of drug-likeness (QED) is 0.0501. The lowest BCUT2D eigenvalue weighted by atomic mass is 10.0. The van der Waals surface area contributed by atoms with Gasteiger partial charge in [0.1, 0.15) is 29.8 Å². The molecule has 3 aliphatic heterocycles. The first kappa shape index (κ1) is 42.2. The average Bonchev–Trinajstić information content (AvgIpc) is 3.48. The maximum absolute atomic E-state index is 13.7. The number of anilines is 3. The first-order chi connectivity index (χ1) is 29.0. The zero-order valence-electron chi connectivity index (χ0n) is 32.6. The summed E-state index contributed by atoms with van der Waals surface area (Å²) in [6.07, 6.45) is 8.08. The number of imide groups is 2. The number of thioether (sulfide) groups is 1. The molecule has 0 saturated carbocycles. The Morgan fingerprint density at radius 1 is 1.03 bits per heavy atom. The first-order valence-electron chi connectivity index (χ1n) is 19.5. The van der Waals surface area contributed by atoms with Crippen LogP contribution in [0, 0.1) is 5.82 Å². The van der Waals surface area contributed by atoms with E-state index in [2.05, 4.69) is 36.1 Å². The summed E-state index contributed by atoms with van der Waals surface area (Å²) in [6, 6.07) is 11.7. The van der Waals surface area contributed by atoms with Gasteiger partial charge >= 0.3 is 0 Å². The fourth-order valence-electron chi connectivity index (χ4n) is 7.38. The van der Waals surface area contributed by atoms with E-state index >= 15 is 0 Å². The van der Waals surface area contributed by atoms with Crippen LogP contribution in [0.5, 0.6) is 5.75 Å². The first-order valence-corrected chi connectivity index (χ1v) is 20.9. The topological polar surface area (TPSA) is 192 Å². The Morgan fingerprint density at radius 3 is 2.62 bits per heavy atom. The molecule has 3 aliphatic rings. The third kappa shape index (κ3) is 9.75. The smallest absolute Gasteiger partial charge is 0.263 e. The molecule has 18 heteroatoms. The van der Waals surface area contributed by atoms with Gasteiger partial charge in [0, 0.05) is 66.6 Å². The molecule has 60 heavy (non-hydrogen) atoms. The Labute approximate surface area is 353 Å². The SMILES string of the molecule is COc1cc2ncnc(Nc3ccc(F)c(Cl)c3)c2cc1NC(=O)/C=C/CN1CCC(NC(=O)CCCCSc2cccc3c2C(=O)N(C2CCC(=O)NC2=O)C3=O)CC1. The molecule has 6 amide bonds. The van der Waals surface area contributed by atoms with Crippen molar-refractivity contribution in [1.82, 2.24) is 30.4 Å². The molecule has 3 aromatic carbocycles. The van der Waals surface area contributed by atoms with Gasteiger partial charge in [-0.1, -0.05) is 23.7 Å². The number of unbranched alkanes of at least 4 members (excludes halogenated alkanes) is 1. The number of nitrogens with one attached hydrogen (secondary N) is 4. The molecule has 0 bridgehead atoms. The van der Waals surface area contributed by atoms with Crippen LogP contribution in [0.25, 0.3) is 10.9 Å². The minimum atomic E-state index is -1.02. The van der Waals surface area contributed by atoms with Gasteiger partial charge in [-0.05, 0) is 74.3 Å². The number of fused-ring (bicyclic) bond motifs is 2. The lowest BCUT2D eigenvalue weighted by Gasteiger charge is -2.31. The van der Waals surface area contributed by atoms with Crippen molar-refractivity contribution in [2.45, 2.75) is 61.9 Å². The monoisotopic (exact) mass is 856 g/mol. The molecular formula is C42H42ClFN8O7S. The number of carbonyl (C=O) groups excluding carboxylic acids is 6. The van der Waals surface area contributed by atoms with Crippen molar-refractivity contribution >= 4 is 86.9 Å². The molecule has 4 N–H and O–H groups in total. The second kappa shape index (κ2) is 19.0. The molecule has 0 radical (unpaired) electrons. The number of ether oxygens (including phenoxy) is 1. The fourth-order valence-corrected chi connectivity index (χ4v) is 8.64. The second-order valence-electron chi connectivity index (χ2n) is 14.5. The van der Waals surface area contributed by atoms with E-state index in [9.17, 15) is 33.2 Å². The van der Waals surface area contributed by atoms with Crippen LogP contribution < -0.4 is 26.0 Å². The van der Waals surface area contributed by atoms with Crippen LogP contribution in [0.4, 0.5) is 21.6 Å². The number of hydrogen-bond donors (Lipinski definition) is 4. The summed E-state index contributed by atoms with van der Waals surface area (Å²) in [5.41, 5.74) is 2.03. The Morgan fingerprint density at radius 2 is 1.85 bits per heavy atom. The standard InChI is InChI=1S/C42H42ClFN8O7S/c1-59-33-22-30-27(39(46-23-45-30)48-25-10-11-29(44)28(43)20-25)21-31(33)49-36(54)9-5-16-51-17-14-24(15-18-51)47-35(53)8-2-3-19-60-34-7-4-6-26-38(34)42(58)52(41(26)57)32-12-13-37(55)50-40(32)56/h4-7,9-11,20-24,32H,2-3,8,12-19H2,1H3,(H,47,53)(H,49,54)(H,45,46,48)(H,50,55,56)/b9-5+. The molecule has 0 spiro atoms. The molecular weight excluding hydrogens is 815 g/mol. The lowest BCUT2D eigenvalue weighted by molar-refractivity contribution is -0.136. The normalized spacial score (nSPS) is 17.2. The van der Waals surface area contributed by atoms with E-state index in [4.69, 9.17) is 16.3 Å². The highest BCUT2D eigenvalue weighted by Crippen LogP contribution is 2.36. The number of carbonyl (C=O) groups is 6. The molecule has 15 nitrogen and oxygen atoms in total. The molecule has 1 aromatic heterocycles. The van der Waals surface area contributed by atoms with Gasteiger partial charge in [-0.15, -0.1) is 11.8 Å². The van der Waals surface area contributed by atoms with Gasteiger partial charge in [0.25, 0.3) is 11.8 Å². The van der Waals surface area contributed by atoms with Crippen LogP contribution in [0.2, 0.25) is 5.02 Å². The number of amides is 6. The van der Waals surface area contributed by atoms with E-state index in [-0.39, 0.29) is 46.8 Å². The molecule has 2 fully saturated rings. The van der Waals surface area contributed by atoms with Gasteiger partial charge in [0.2, 0.25) is 23.6 Å². The highest BCUT2D eigenvalue weighted by Gasteiger charge is 2.45. The minimum absolute atomic E-state index is 0.0188. The Bertz CT molecular complexity index is 2390. The number of aromatic nitrogens is 2. The predicted molar refractivity (Wildman–Crippen MR) is 224 cm³/mol. The summed E-state index contributed by atoms with van der Waals surface area (Å²) in [5.74, 6) is -1.57. The van der Waals surface area contributed by atoms with Crippen molar-refractivity contribution in [1.29, 1.82) is 0 Å². The Hall–Kier alpha value is -5.91. The number of rotatable bonds is 15. The van der Waals surface area contributed by atoms with Gasteiger partial charge in [0.15, 0.2) is 0 Å². The summed E-state index contributed by atoms with van der Waals surface area (Å²) in [4.78, 5) is 88.6. The summed E-state index contributed by atoms with van der Waals surface area (Å²) in [6.45, 7) is 2.07. The molecule has 7 rings (SSSR count). The number of piperidine rings is 2. The summed E-state index contributed by atoms with van der Waals surface area (Å²) in [5, 5.41) is 11.9. The van der Waals surface area contributed by atoms with Crippen LogP contribution in [0.1, 0.15) is 65.7 Å². The number of likely N-dealkylation sites (tertiary alicyclic amines) is 1. The van der Waals surface area contributed by atoms with Crippen LogP contribution in [-0.4, -0.2) is 99.8 Å². The van der Waals surface area contributed by atoms with Gasteiger partial charge in [-0.25, -0.2) is 14.4 Å². The third-order valence-electron chi connectivity index (χ3n) is 10.5. The Kier molecular flexibility index (Phi) is 13.4. The van der Waals surface area contributed by atoms with Crippen molar-refractivity contribution in [3.05, 3.63) is 89.0 Å². The van der Waals surface area contributed by atoms with Crippen molar-refractivity contribution < 1.29 is 37.9 Å². The molecule has 1 unspecified atom stereocenters. The molecule has 1 atom stereocenters. The number of halogens is 2. The van der Waals surface area contributed by atoms with Crippen molar-refractivity contribution in [2.24, 2.45) is 0 Å². The van der Waals surface area contributed by atoms with E-state index in [1.54, 1.807) is 36.4 Å². The number of nitrogens with zero attached hydrogens (tertiary/aromatic N) is 4. The largest absolute Gasteiger partial charge is 0.494 e. The molecule has 4 aromatic rings. The highest BCUT2D eigenvalue weighted by molar-refractivity contribution is 7.99. The van der Waals surface area contributed by atoms with Crippen LogP contribution in [0.3, 0.4) is 0 Å². The van der Waals surface area contributed by atoms with Gasteiger partial charge < -0.3 is 20.7 Å². The number of benzene rings is 3. The van der Waals surface area contributed by atoms with E-state index in [0.29, 0.717) is 70.3 Å². The Balaban J connectivity index is 0.819. The second-order valence-corrected chi connectivity index (χ2v) is 16.1. The molecule has 2 saturated heterocycles. The zero-order valence-corrected chi connectivity index (χ0v) is 34.2. The average molecular weight is 857 g/mol. The van der Waals surface area contributed by atoms with Crippen molar-refractivity contribution in [3.8, 4) is 5.75 Å². The molecule has 4 heterocycles. The summed E-state index contributed by atoms with van der Waals surface area (Å²) >= 11 is 7.38. The minimum Gasteiger partial charge on any atom is -0.494 e. The van der Waals surface area contributed by atoms with E-state index in [1.807, 2.05) is 0 Å². The van der Waals surface area contributed by atoms with Crippen LogP contribution in [0.15, 0.2) is 71.9 Å². The third-order valence-corrected chi connectivity index (χ3v) is 11.9. The van der Waals surface area contributed by atoms with Crippen LogP contribution in [-0.2, 0) is 19.2 Å². The molecule has 0 aliphatic carbocycles. The van der Waals surface area contributed by atoms with Gasteiger partial charge in [-0.3, -0.25) is 43.9 Å². The summed E-state index contributed by atoms with van der Waals surface area (Å²) in [7, 11) is 1.50. The van der Waals surface area contributed by atoms with E-state index < -0.39 is 35.5 Å². The van der Waals surface area contributed by atoms with Gasteiger partial charge in [0.05, 0.1) is 34.5 Å². The zero-order chi connectivity index (χ0) is 42.3. The van der Waals surface area contributed by atoms with Crippen molar-refractivity contribution in [3.63, 3.8) is 0 Å². The van der Waals surface area contributed by atoms with E-state index in [1.165, 1.54) is 49.5 Å². The summed E-state index contributed by atoms with van der Waals surface area (Å²) < 4.78 is 19.2. The molecule has 312 valence electrons. The predicted octanol–water partition coefficient (Wildman–Crippen LogP) is 5.61. The van der Waals surface area contributed by atoms with Crippen LogP contribution >= 0.6 is 23.4 Å². The van der Waals surface area contributed by atoms with Crippen molar-refractivity contribution in [2.75, 3.05) is 43.1 Å². The highest BCUT2D eigenvalue weighted by atomic mass is 35.5. The maximum atomic E-state index is 13.7. The fraction of sp³-hybridized carbons (Fsp3) is 0.333. The van der Waals surface area contributed by atoms with Gasteiger partial charge in [-0.2, -0.15) is 0 Å². The van der Waals surface area contributed by atoms with E-state index in [0.717, 1.165) is 30.8 Å². The lowest BCUT2D eigenvalue weighted by Crippen LogP contribution is -2.54. The number of hydrogen-bond acceptors (Lipinski definition) is 12. The maximum Gasteiger partial charge on any atom is 0.263 e.